The number of hydrogen-bond acceptors (Lipinski definition) is 3. The highest BCUT2D eigenvalue weighted by Gasteiger charge is 2.46. The van der Waals surface area contributed by atoms with E-state index in [0.717, 1.165) is 12.5 Å². The fraction of sp³-hybridized carbons (Fsp3) is 1.00. The molecular weight excluding hydrogens is 218 g/mol. The quantitative estimate of drug-likeness (QED) is 0.762. The Morgan fingerprint density at radius 2 is 2.31 bits per heavy atom. The number of ether oxygens (including phenoxy) is 1. The highest BCUT2D eigenvalue weighted by molar-refractivity contribution is 7.99. The predicted molar refractivity (Wildman–Crippen MR) is 69.0 cm³/mol. The molecule has 0 aliphatic carbocycles. The molecule has 0 aromatic carbocycles. The Kier molecular flexibility index (Phi) is 2.97. The number of hydrogen-bond donors (Lipinski definition) is 1. The maximum atomic E-state index is 6.11. The van der Waals surface area contributed by atoms with Crippen LogP contribution in [0.1, 0.15) is 39.0 Å². The Morgan fingerprint density at radius 3 is 3.00 bits per heavy atom. The minimum absolute atomic E-state index is 0.251. The third kappa shape index (κ3) is 1.91. The van der Waals surface area contributed by atoms with Gasteiger partial charge in [-0.2, -0.15) is 11.8 Å². The molecular formula is C13H23NOS. The van der Waals surface area contributed by atoms with Gasteiger partial charge < -0.3 is 10.1 Å². The molecule has 92 valence electrons. The van der Waals surface area contributed by atoms with Crippen LogP contribution in [0, 0.1) is 5.92 Å². The smallest absolute Gasteiger partial charge is 0.0783 e. The molecule has 3 aliphatic heterocycles. The van der Waals surface area contributed by atoms with E-state index in [0.29, 0.717) is 5.54 Å². The predicted octanol–water partition coefficient (Wildman–Crippen LogP) is 2.43. The zero-order valence-corrected chi connectivity index (χ0v) is 11.1. The molecule has 3 aliphatic rings. The number of nitrogens with one attached hydrogen (secondary N) is 1. The molecule has 0 amide bonds. The van der Waals surface area contributed by atoms with E-state index in [2.05, 4.69) is 24.0 Å². The largest absolute Gasteiger partial charge is 0.374 e. The maximum Gasteiger partial charge on any atom is 0.0783 e. The van der Waals surface area contributed by atoms with Crippen molar-refractivity contribution < 1.29 is 4.74 Å². The molecule has 0 aromatic heterocycles. The van der Waals surface area contributed by atoms with Crippen molar-refractivity contribution >= 4 is 11.8 Å². The van der Waals surface area contributed by atoms with Crippen LogP contribution >= 0.6 is 11.8 Å². The summed E-state index contributed by atoms with van der Waals surface area (Å²) in [7, 11) is 0. The van der Waals surface area contributed by atoms with Crippen LogP contribution in [0.3, 0.4) is 0 Å². The van der Waals surface area contributed by atoms with E-state index in [4.69, 9.17) is 4.74 Å². The van der Waals surface area contributed by atoms with Crippen LogP contribution in [-0.4, -0.2) is 35.8 Å². The molecule has 3 fully saturated rings. The fourth-order valence-corrected chi connectivity index (χ4v) is 5.08. The number of thioether (sulfide) groups is 1. The first kappa shape index (κ1) is 11.4. The van der Waals surface area contributed by atoms with Gasteiger partial charge >= 0.3 is 0 Å². The Labute approximate surface area is 103 Å². The second-order valence-electron chi connectivity index (χ2n) is 5.97. The molecule has 3 unspecified atom stereocenters. The lowest BCUT2D eigenvalue weighted by Crippen LogP contribution is -2.51. The molecule has 16 heavy (non-hydrogen) atoms. The molecule has 2 nitrogen and oxygen atoms in total. The highest BCUT2D eigenvalue weighted by atomic mass is 32.2. The van der Waals surface area contributed by atoms with Crippen molar-refractivity contribution in [1.82, 2.24) is 5.32 Å². The summed E-state index contributed by atoms with van der Waals surface area (Å²) in [5.74, 6) is 3.37. The van der Waals surface area contributed by atoms with Gasteiger partial charge in [0.15, 0.2) is 0 Å². The summed E-state index contributed by atoms with van der Waals surface area (Å²) in [4.78, 5) is 0. The standard InChI is InChI=1S/C13H23NOS/c1-12(4-2-6-14-12)11-3-7-15-13(9-11)5-8-16-10-13/h11,14H,2-10H2,1H3. The van der Waals surface area contributed by atoms with Crippen molar-refractivity contribution in [2.24, 2.45) is 5.92 Å². The average molecular weight is 241 g/mol. The summed E-state index contributed by atoms with van der Waals surface area (Å²) in [5.41, 5.74) is 0.658. The van der Waals surface area contributed by atoms with E-state index in [1.165, 1.54) is 50.2 Å². The Morgan fingerprint density at radius 1 is 1.38 bits per heavy atom. The third-order valence-electron chi connectivity index (χ3n) is 4.86. The van der Waals surface area contributed by atoms with Crippen LogP contribution in [0.5, 0.6) is 0 Å². The summed E-state index contributed by atoms with van der Waals surface area (Å²) in [6.07, 6.45) is 6.56. The van der Waals surface area contributed by atoms with Crippen LogP contribution in [0.15, 0.2) is 0 Å². The van der Waals surface area contributed by atoms with Gasteiger partial charge in [-0.25, -0.2) is 0 Å². The van der Waals surface area contributed by atoms with E-state index >= 15 is 0 Å². The third-order valence-corrected chi connectivity index (χ3v) is 6.09. The first-order valence-electron chi connectivity index (χ1n) is 6.69. The summed E-state index contributed by atoms with van der Waals surface area (Å²) < 4.78 is 6.11. The molecule has 3 atom stereocenters. The summed E-state index contributed by atoms with van der Waals surface area (Å²) in [6.45, 7) is 4.64. The van der Waals surface area contributed by atoms with Crippen LogP contribution in [-0.2, 0) is 4.74 Å². The van der Waals surface area contributed by atoms with Crippen molar-refractivity contribution in [3.8, 4) is 0 Å². The SMILES string of the molecule is CC1(C2CCOC3(CCSC3)C2)CCCN1. The minimum atomic E-state index is 0.251. The molecule has 3 rings (SSSR count). The van der Waals surface area contributed by atoms with Gasteiger partial charge in [0.1, 0.15) is 0 Å². The van der Waals surface area contributed by atoms with E-state index in [9.17, 15) is 0 Å². The van der Waals surface area contributed by atoms with E-state index in [1.54, 1.807) is 0 Å². The van der Waals surface area contributed by atoms with E-state index in [1.807, 2.05) is 0 Å². The van der Waals surface area contributed by atoms with Crippen LogP contribution in [0.2, 0.25) is 0 Å². The first-order valence-corrected chi connectivity index (χ1v) is 7.85. The second kappa shape index (κ2) is 4.18. The Balaban J connectivity index is 1.72. The Hall–Kier alpha value is 0.270. The molecule has 3 saturated heterocycles. The zero-order valence-electron chi connectivity index (χ0n) is 10.3. The minimum Gasteiger partial charge on any atom is -0.374 e. The topological polar surface area (TPSA) is 21.3 Å². The van der Waals surface area contributed by atoms with Gasteiger partial charge in [-0.3, -0.25) is 0 Å². The van der Waals surface area contributed by atoms with Gasteiger partial charge in [-0.05, 0) is 57.2 Å². The van der Waals surface area contributed by atoms with Crippen molar-refractivity contribution in [3.05, 3.63) is 0 Å². The van der Waals surface area contributed by atoms with Crippen molar-refractivity contribution in [2.45, 2.75) is 50.2 Å². The van der Waals surface area contributed by atoms with Crippen molar-refractivity contribution in [3.63, 3.8) is 0 Å². The first-order chi connectivity index (χ1) is 7.73. The van der Waals surface area contributed by atoms with Gasteiger partial charge in [-0.1, -0.05) is 0 Å². The normalized spacial score (nSPS) is 48.9. The van der Waals surface area contributed by atoms with Gasteiger partial charge in [-0.15, -0.1) is 0 Å². The summed E-state index contributed by atoms with van der Waals surface area (Å²) in [6, 6.07) is 0. The van der Waals surface area contributed by atoms with Gasteiger partial charge in [0, 0.05) is 17.9 Å². The van der Waals surface area contributed by atoms with Crippen molar-refractivity contribution in [2.75, 3.05) is 24.7 Å². The average Bonchev–Trinajstić information content (AvgIpc) is 2.90. The molecule has 0 bridgehead atoms. The lowest BCUT2D eigenvalue weighted by Gasteiger charge is -2.44. The second-order valence-corrected chi connectivity index (χ2v) is 7.08. The van der Waals surface area contributed by atoms with E-state index in [-0.39, 0.29) is 5.60 Å². The van der Waals surface area contributed by atoms with Gasteiger partial charge in [0.05, 0.1) is 5.60 Å². The lowest BCUT2D eigenvalue weighted by molar-refractivity contribution is -0.0928. The monoisotopic (exact) mass is 241 g/mol. The fourth-order valence-electron chi connectivity index (χ4n) is 3.70. The summed E-state index contributed by atoms with van der Waals surface area (Å²) >= 11 is 2.08. The zero-order chi connectivity index (χ0) is 11.1. The van der Waals surface area contributed by atoms with E-state index < -0.39 is 0 Å². The lowest BCUT2D eigenvalue weighted by atomic mass is 9.74. The molecule has 0 aromatic rings. The molecule has 3 heteroatoms. The summed E-state index contributed by atoms with van der Waals surface area (Å²) in [5, 5.41) is 3.75. The molecule has 0 saturated carbocycles. The number of rotatable bonds is 1. The Bertz CT molecular complexity index is 247. The van der Waals surface area contributed by atoms with Crippen LogP contribution in [0.4, 0.5) is 0 Å². The molecule has 0 radical (unpaired) electrons. The molecule has 3 heterocycles. The van der Waals surface area contributed by atoms with Crippen molar-refractivity contribution in [1.29, 1.82) is 0 Å². The van der Waals surface area contributed by atoms with Gasteiger partial charge in [0.25, 0.3) is 0 Å². The highest BCUT2D eigenvalue weighted by Crippen LogP contribution is 2.45. The van der Waals surface area contributed by atoms with Crippen LogP contribution < -0.4 is 5.32 Å². The maximum absolute atomic E-state index is 6.11. The van der Waals surface area contributed by atoms with Crippen LogP contribution in [0.25, 0.3) is 0 Å². The van der Waals surface area contributed by atoms with Gasteiger partial charge in [0.2, 0.25) is 0 Å². The molecule has 1 N–H and O–H groups in total. The molecule has 1 spiro atoms.